The highest BCUT2D eigenvalue weighted by molar-refractivity contribution is 6.06. The molecule has 10 nitrogen and oxygen atoms in total. The normalized spacial score (nSPS) is 13.2. The molecule has 1 aliphatic heterocycles. The Labute approximate surface area is 281 Å². The summed E-state index contributed by atoms with van der Waals surface area (Å²) >= 11 is 0. The van der Waals surface area contributed by atoms with Crippen molar-refractivity contribution in [2.75, 3.05) is 42.1 Å². The fourth-order valence-electron chi connectivity index (χ4n) is 5.69. The molecule has 1 aromatic heterocycles. The average Bonchev–Trinajstić information content (AvgIpc) is 3.07. The second-order valence-corrected chi connectivity index (χ2v) is 13.1. The van der Waals surface area contributed by atoms with Gasteiger partial charge in [-0.1, -0.05) is 52.0 Å². The van der Waals surface area contributed by atoms with E-state index >= 15 is 0 Å². The van der Waals surface area contributed by atoms with Gasteiger partial charge in [0.1, 0.15) is 5.69 Å². The van der Waals surface area contributed by atoms with Gasteiger partial charge in [-0.2, -0.15) is 0 Å². The van der Waals surface area contributed by atoms with E-state index < -0.39 is 0 Å². The summed E-state index contributed by atoms with van der Waals surface area (Å²) in [6.45, 7) is 12.7. The van der Waals surface area contributed by atoms with Gasteiger partial charge < -0.3 is 30.7 Å². The van der Waals surface area contributed by atoms with Gasteiger partial charge in [0.25, 0.3) is 17.4 Å². The maximum Gasteiger partial charge on any atom is 0.274 e. The zero-order chi connectivity index (χ0) is 34.6. The third-order valence-corrected chi connectivity index (χ3v) is 8.62. The van der Waals surface area contributed by atoms with E-state index in [-0.39, 0.29) is 35.1 Å². The summed E-state index contributed by atoms with van der Waals surface area (Å²) in [4.78, 5) is 54.0. The summed E-state index contributed by atoms with van der Waals surface area (Å²) in [5, 5.41) is 12.4. The van der Waals surface area contributed by atoms with Crippen LogP contribution in [0.1, 0.15) is 66.0 Å². The molecule has 3 amide bonds. The summed E-state index contributed by atoms with van der Waals surface area (Å²) in [6.07, 6.45) is 2.01. The van der Waals surface area contributed by atoms with Crippen LogP contribution in [0.15, 0.2) is 77.7 Å². The Morgan fingerprint density at radius 2 is 1.58 bits per heavy atom. The van der Waals surface area contributed by atoms with E-state index in [1.165, 1.54) is 4.57 Å². The van der Waals surface area contributed by atoms with E-state index in [1.807, 2.05) is 49.4 Å². The van der Waals surface area contributed by atoms with Crippen molar-refractivity contribution >= 4 is 40.5 Å². The Morgan fingerprint density at radius 1 is 0.875 bits per heavy atom. The van der Waals surface area contributed by atoms with Gasteiger partial charge >= 0.3 is 0 Å². The predicted molar refractivity (Wildman–Crippen MR) is 192 cm³/mol. The van der Waals surface area contributed by atoms with Crippen molar-refractivity contribution < 1.29 is 14.4 Å². The molecular formula is C38H44N6O4. The SMILES string of the molecule is CCC(=O)Nc1cc(Nc2cc(-c3cccc(NC(=O)c4ccc(C(C)(C)C)cc4)c3C)cn(C)c2=O)ccc1C(=O)N1CCNCC1. The third-order valence-electron chi connectivity index (χ3n) is 8.62. The number of hydrogen-bond acceptors (Lipinski definition) is 6. The summed E-state index contributed by atoms with van der Waals surface area (Å²) in [7, 11) is 1.68. The van der Waals surface area contributed by atoms with Crippen LogP contribution in [0, 0.1) is 6.92 Å². The highest BCUT2D eigenvalue weighted by Crippen LogP contribution is 2.31. The van der Waals surface area contributed by atoms with Crippen LogP contribution in [-0.2, 0) is 17.3 Å². The fraction of sp³-hybridized carbons (Fsp3) is 0.316. The number of aryl methyl sites for hydroxylation is 1. The molecule has 1 fully saturated rings. The molecule has 0 atom stereocenters. The van der Waals surface area contributed by atoms with E-state index in [4.69, 9.17) is 0 Å². The number of nitrogens with one attached hydrogen (secondary N) is 4. The Balaban J connectivity index is 1.42. The zero-order valence-electron chi connectivity index (χ0n) is 28.5. The highest BCUT2D eigenvalue weighted by atomic mass is 16.2. The predicted octanol–water partition coefficient (Wildman–Crippen LogP) is 6.05. The quantitative estimate of drug-likeness (QED) is 0.185. The van der Waals surface area contributed by atoms with Gasteiger partial charge in [0, 0.05) is 68.3 Å². The van der Waals surface area contributed by atoms with Gasteiger partial charge in [0.15, 0.2) is 0 Å². The molecule has 48 heavy (non-hydrogen) atoms. The van der Waals surface area contributed by atoms with Crippen LogP contribution in [0.3, 0.4) is 0 Å². The second kappa shape index (κ2) is 14.3. The Hall–Kier alpha value is -5.22. The molecule has 10 heteroatoms. The number of benzene rings is 3. The van der Waals surface area contributed by atoms with E-state index in [0.29, 0.717) is 60.1 Å². The van der Waals surface area contributed by atoms with Crippen molar-refractivity contribution in [1.82, 2.24) is 14.8 Å². The lowest BCUT2D eigenvalue weighted by molar-refractivity contribution is -0.115. The highest BCUT2D eigenvalue weighted by Gasteiger charge is 2.22. The van der Waals surface area contributed by atoms with Crippen molar-refractivity contribution in [3.05, 3.63) is 106 Å². The van der Waals surface area contributed by atoms with Crippen LogP contribution < -0.4 is 26.8 Å². The first kappa shape index (κ1) is 34.1. The summed E-state index contributed by atoms with van der Waals surface area (Å²) in [6, 6.07) is 20.2. The van der Waals surface area contributed by atoms with E-state index in [9.17, 15) is 19.2 Å². The maximum atomic E-state index is 13.4. The van der Waals surface area contributed by atoms with Crippen LogP contribution in [0.5, 0.6) is 0 Å². The van der Waals surface area contributed by atoms with E-state index in [1.54, 1.807) is 49.3 Å². The van der Waals surface area contributed by atoms with Crippen LogP contribution in [0.2, 0.25) is 0 Å². The van der Waals surface area contributed by atoms with Gasteiger partial charge in [-0.3, -0.25) is 19.2 Å². The molecule has 5 rings (SSSR count). The largest absolute Gasteiger partial charge is 0.351 e. The molecule has 4 aromatic rings. The lowest BCUT2D eigenvalue weighted by Gasteiger charge is -2.28. The topological polar surface area (TPSA) is 125 Å². The van der Waals surface area contributed by atoms with Crippen LogP contribution in [0.25, 0.3) is 11.1 Å². The minimum Gasteiger partial charge on any atom is -0.351 e. The number of carbonyl (C=O) groups excluding carboxylic acids is 3. The maximum absolute atomic E-state index is 13.4. The number of pyridine rings is 1. The molecule has 0 aliphatic carbocycles. The van der Waals surface area contributed by atoms with Crippen molar-refractivity contribution in [2.24, 2.45) is 7.05 Å². The first-order chi connectivity index (χ1) is 22.8. The second-order valence-electron chi connectivity index (χ2n) is 13.1. The number of aromatic nitrogens is 1. The number of amides is 3. The number of rotatable bonds is 8. The Bertz CT molecular complexity index is 1900. The number of hydrogen-bond donors (Lipinski definition) is 4. The zero-order valence-corrected chi connectivity index (χ0v) is 28.5. The smallest absolute Gasteiger partial charge is 0.274 e. The number of nitrogens with zero attached hydrogens (tertiary/aromatic N) is 2. The minimum absolute atomic E-state index is 0.00979. The van der Waals surface area contributed by atoms with Gasteiger partial charge in [0.05, 0.1) is 11.3 Å². The van der Waals surface area contributed by atoms with Gasteiger partial charge in [-0.05, 0) is 71.5 Å². The first-order valence-corrected chi connectivity index (χ1v) is 16.3. The molecule has 0 unspecified atom stereocenters. The number of carbonyl (C=O) groups is 3. The third kappa shape index (κ3) is 7.66. The fourth-order valence-corrected chi connectivity index (χ4v) is 5.69. The van der Waals surface area contributed by atoms with Crippen LogP contribution in [-0.4, -0.2) is 53.4 Å². The molecule has 0 bridgehead atoms. The van der Waals surface area contributed by atoms with Gasteiger partial charge in [-0.15, -0.1) is 0 Å². The molecule has 0 radical (unpaired) electrons. The molecule has 1 aliphatic rings. The summed E-state index contributed by atoms with van der Waals surface area (Å²) < 4.78 is 1.50. The van der Waals surface area contributed by atoms with Crippen molar-refractivity contribution in [3.63, 3.8) is 0 Å². The summed E-state index contributed by atoms with van der Waals surface area (Å²) in [5.74, 6) is -0.580. The van der Waals surface area contributed by atoms with Gasteiger partial charge in [-0.25, -0.2) is 0 Å². The molecule has 1 saturated heterocycles. The molecule has 3 aromatic carbocycles. The molecule has 250 valence electrons. The molecule has 0 saturated carbocycles. The summed E-state index contributed by atoms with van der Waals surface area (Å²) in [5.41, 5.74) is 6.23. The van der Waals surface area contributed by atoms with Crippen molar-refractivity contribution in [1.29, 1.82) is 0 Å². The van der Waals surface area contributed by atoms with Crippen LogP contribution >= 0.6 is 0 Å². The Morgan fingerprint density at radius 3 is 2.25 bits per heavy atom. The molecule has 4 N–H and O–H groups in total. The van der Waals surface area contributed by atoms with Gasteiger partial charge in [0.2, 0.25) is 5.91 Å². The lowest BCUT2D eigenvalue weighted by atomic mass is 9.86. The standard InChI is InChI=1S/C38H44N6O4/c1-7-34(45)41-32-22-28(15-16-30(32)36(47)44-19-17-39-18-20-44)40-33-21-26(23-43(6)37(33)48)29-9-8-10-31(24(29)2)42-35(46)25-11-13-27(14-12-25)38(3,4)5/h8-16,21-23,39-40H,7,17-20H2,1-6H3,(H,41,45)(H,42,46). The number of anilines is 4. The average molecular weight is 649 g/mol. The molecular weight excluding hydrogens is 604 g/mol. The van der Waals surface area contributed by atoms with Crippen molar-refractivity contribution in [3.8, 4) is 11.1 Å². The lowest BCUT2D eigenvalue weighted by Crippen LogP contribution is -2.46. The Kier molecular flexibility index (Phi) is 10.1. The van der Waals surface area contributed by atoms with Crippen LogP contribution in [0.4, 0.5) is 22.7 Å². The first-order valence-electron chi connectivity index (χ1n) is 16.3. The van der Waals surface area contributed by atoms with E-state index in [2.05, 4.69) is 42.0 Å². The molecule has 2 heterocycles. The number of piperazine rings is 1. The van der Waals surface area contributed by atoms with E-state index in [0.717, 1.165) is 22.3 Å². The monoisotopic (exact) mass is 648 g/mol. The van der Waals surface area contributed by atoms with Crippen molar-refractivity contribution in [2.45, 2.75) is 46.5 Å². The molecule has 0 spiro atoms. The minimum atomic E-state index is -0.250.